The molecule has 0 spiro atoms. The van der Waals surface area contributed by atoms with Crippen molar-refractivity contribution in [3.05, 3.63) is 28.7 Å². The van der Waals surface area contributed by atoms with E-state index in [2.05, 4.69) is 21.2 Å². The first kappa shape index (κ1) is 9.73. The molecule has 0 bridgehead atoms. The molecule has 4 nitrogen and oxygen atoms in total. The molecule has 0 atom stereocenters. The van der Waals surface area contributed by atoms with Gasteiger partial charge in [-0.1, -0.05) is 22.0 Å². The monoisotopic (exact) mass is 243 g/mol. The van der Waals surface area contributed by atoms with Crippen molar-refractivity contribution in [3.8, 4) is 0 Å². The number of rotatable bonds is 1. The van der Waals surface area contributed by atoms with Crippen molar-refractivity contribution in [3.63, 3.8) is 0 Å². The minimum absolute atomic E-state index is 0.446. The predicted molar refractivity (Wildman–Crippen MR) is 50.4 cm³/mol. The Balaban J connectivity index is 2.75. The van der Waals surface area contributed by atoms with Crippen molar-refractivity contribution in [2.24, 2.45) is 0 Å². The number of halogens is 1. The van der Waals surface area contributed by atoms with Gasteiger partial charge in [0.1, 0.15) is 0 Å². The summed E-state index contributed by atoms with van der Waals surface area (Å²) in [5, 5.41) is 10.5. The van der Waals surface area contributed by atoms with Gasteiger partial charge in [0.25, 0.3) is 0 Å². The van der Waals surface area contributed by atoms with Crippen LogP contribution in [0.5, 0.6) is 0 Å². The van der Waals surface area contributed by atoms with Crippen molar-refractivity contribution in [1.82, 2.24) is 0 Å². The van der Waals surface area contributed by atoms with Crippen LogP contribution in [0.2, 0.25) is 0 Å². The lowest BCUT2D eigenvalue weighted by Crippen LogP contribution is -2.21. The van der Waals surface area contributed by atoms with Gasteiger partial charge in [0.05, 0.1) is 0 Å². The van der Waals surface area contributed by atoms with Crippen molar-refractivity contribution >= 4 is 33.5 Å². The van der Waals surface area contributed by atoms with Gasteiger partial charge in [-0.15, -0.1) is 0 Å². The first-order chi connectivity index (χ1) is 6.09. The Morgan fingerprint density at radius 3 is 2.62 bits per heavy atom. The molecule has 0 saturated carbocycles. The number of amides is 1. The molecule has 0 saturated heterocycles. The maximum atomic E-state index is 10.7. The number of hydrogen-bond acceptors (Lipinski definition) is 2. The largest absolute Gasteiger partial charge is 0.474 e. The number of hydrogen-bond donors (Lipinski definition) is 2. The first-order valence-electron chi connectivity index (χ1n) is 3.39. The van der Waals surface area contributed by atoms with E-state index in [0.29, 0.717) is 5.69 Å². The maximum absolute atomic E-state index is 10.7. The highest BCUT2D eigenvalue weighted by molar-refractivity contribution is 9.10. The van der Waals surface area contributed by atoms with E-state index in [1.54, 1.807) is 24.3 Å². The van der Waals surface area contributed by atoms with Gasteiger partial charge in [0.15, 0.2) is 0 Å². The molecule has 0 radical (unpaired) electrons. The zero-order valence-corrected chi connectivity index (χ0v) is 8.04. The summed E-state index contributed by atoms with van der Waals surface area (Å²) in [5.41, 5.74) is 0.446. The van der Waals surface area contributed by atoms with Crippen LogP contribution in [0.3, 0.4) is 0 Å². The Hall–Kier alpha value is -1.36. The summed E-state index contributed by atoms with van der Waals surface area (Å²) in [7, 11) is 0. The van der Waals surface area contributed by atoms with Gasteiger partial charge in [0.2, 0.25) is 0 Å². The number of carbonyl (C=O) groups excluding carboxylic acids is 1. The summed E-state index contributed by atoms with van der Waals surface area (Å²) in [5.74, 6) is -2.54. The van der Waals surface area contributed by atoms with Gasteiger partial charge in [0, 0.05) is 10.2 Å². The van der Waals surface area contributed by atoms with Crippen LogP contribution in [0, 0.1) is 0 Å². The molecule has 1 aromatic carbocycles. The van der Waals surface area contributed by atoms with Crippen LogP contribution in [0.4, 0.5) is 5.69 Å². The summed E-state index contributed by atoms with van der Waals surface area (Å²) in [6.07, 6.45) is 0. The maximum Gasteiger partial charge on any atom is 0.394 e. The summed E-state index contributed by atoms with van der Waals surface area (Å²) in [6, 6.07) is 6.68. The molecule has 1 aromatic rings. The number of nitrogens with one attached hydrogen (secondary N) is 1. The van der Waals surface area contributed by atoms with Crippen molar-refractivity contribution in [1.29, 1.82) is 0 Å². The van der Waals surface area contributed by atoms with Crippen LogP contribution in [-0.4, -0.2) is 17.0 Å². The van der Waals surface area contributed by atoms with Crippen LogP contribution >= 0.6 is 15.9 Å². The molecule has 0 fully saturated rings. The highest BCUT2D eigenvalue weighted by atomic mass is 79.9. The number of carbonyl (C=O) groups is 2. The predicted octanol–water partition coefficient (Wildman–Crippen LogP) is 1.47. The molecule has 0 aliphatic rings. The third-order valence-electron chi connectivity index (χ3n) is 1.28. The highest BCUT2D eigenvalue weighted by Gasteiger charge is 2.10. The average Bonchev–Trinajstić information content (AvgIpc) is 2.04. The molecule has 5 heteroatoms. The second-order valence-electron chi connectivity index (χ2n) is 2.27. The summed E-state index contributed by atoms with van der Waals surface area (Å²) in [4.78, 5) is 20.9. The highest BCUT2D eigenvalue weighted by Crippen LogP contribution is 2.15. The topological polar surface area (TPSA) is 66.4 Å². The summed E-state index contributed by atoms with van der Waals surface area (Å²) < 4.78 is 0.774. The van der Waals surface area contributed by atoms with E-state index < -0.39 is 11.9 Å². The lowest BCUT2D eigenvalue weighted by Gasteiger charge is -2.01. The molecule has 13 heavy (non-hydrogen) atoms. The Kier molecular flexibility index (Phi) is 3.02. The number of carboxylic acids is 1. The third kappa shape index (κ3) is 2.87. The van der Waals surface area contributed by atoms with Crippen LogP contribution in [-0.2, 0) is 9.59 Å². The smallest absolute Gasteiger partial charge is 0.394 e. The van der Waals surface area contributed by atoms with E-state index in [9.17, 15) is 9.59 Å². The van der Waals surface area contributed by atoms with Crippen LogP contribution in [0.15, 0.2) is 28.7 Å². The summed E-state index contributed by atoms with van der Waals surface area (Å²) in [6.45, 7) is 0. The zero-order valence-electron chi connectivity index (χ0n) is 6.45. The molecule has 0 aliphatic heterocycles. The van der Waals surface area contributed by atoms with Crippen LogP contribution in [0.1, 0.15) is 0 Å². The first-order valence-corrected chi connectivity index (χ1v) is 4.19. The Morgan fingerprint density at radius 1 is 1.38 bits per heavy atom. The second-order valence-corrected chi connectivity index (χ2v) is 3.19. The van der Waals surface area contributed by atoms with Gasteiger partial charge >= 0.3 is 11.9 Å². The standard InChI is InChI=1S/C8H6BrNO3/c9-5-2-1-3-6(4-5)10-7(11)8(12)13/h1-4H,(H,10,11)(H,12,13). The van der Waals surface area contributed by atoms with Crippen molar-refractivity contribution < 1.29 is 14.7 Å². The number of anilines is 1. The van der Waals surface area contributed by atoms with Gasteiger partial charge < -0.3 is 10.4 Å². The van der Waals surface area contributed by atoms with E-state index >= 15 is 0 Å². The molecule has 68 valence electrons. The third-order valence-corrected chi connectivity index (χ3v) is 1.77. The number of aliphatic carboxylic acids is 1. The SMILES string of the molecule is O=C(O)C(=O)Nc1cccc(Br)c1. The molecule has 0 aliphatic carbocycles. The minimum atomic E-state index is -1.50. The van der Waals surface area contributed by atoms with E-state index in [1.165, 1.54) is 0 Å². The molecular formula is C8H6BrNO3. The molecule has 1 rings (SSSR count). The summed E-state index contributed by atoms with van der Waals surface area (Å²) >= 11 is 3.19. The Labute approximate surface area is 82.7 Å². The number of carboxylic acid groups (broad SMARTS) is 1. The van der Waals surface area contributed by atoms with Crippen LogP contribution < -0.4 is 5.32 Å². The molecule has 0 unspecified atom stereocenters. The molecule has 0 heterocycles. The van der Waals surface area contributed by atoms with Gasteiger partial charge in [-0.2, -0.15) is 0 Å². The minimum Gasteiger partial charge on any atom is -0.474 e. The van der Waals surface area contributed by atoms with E-state index in [0.717, 1.165) is 4.47 Å². The molecule has 2 N–H and O–H groups in total. The number of benzene rings is 1. The Bertz CT molecular complexity index is 351. The fourth-order valence-electron chi connectivity index (χ4n) is 0.751. The van der Waals surface area contributed by atoms with Gasteiger partial charge in [-0.3, -0.25) is 4.79 Å². The van der Waals surface area contributed by atoms with Crippen molar-refractivity contribution in [2.45, 2.75) is 0 Å². The average molecular weight is 244 g/mol. The molecular weight excluding hydrogens is 238 g/mol. The van der Waals surface area contributed by atoms with E-state index in [-0.39, 0.29) is 0 Å². The van der Waals surface area contributed by atoms with Crippen molar-refractivity contribution in [2.75, 3.05) is 5.32 Å². The molecule has 0 aromatic heterocycles. The quantitative estimate of drug-likeness (QED) is 0.735. The van der Waals surface area contributed by atoms with Gasteiger partial charge in [-0.05, 0) is 18.2 Å². The molecule has 1 amide bonds. The van der Waals surface area contributed by atoms with E-state index in [4.69, 9.17) is 5.11 Å². The Morgan fingerprint density at radius 2 is 2.08 bits per heavy atom. The zero-order chi connectivity index (χ0) is 9.84. The fraction of sp³-hybridized carbons (Fsp3) is 0. The lowest BCUT2D eigenvalue weighted by molar-refractivity contribution is -0.147. The fourth-order valence-corrected chi connectivity index (χ4v) is 1.15. The van der Waals surface area contributed by atoms with Gasteiger partial charge in [-0.25, -0.2) is 4.79 Å². The lowest BCUT2D eigenvalue weighted by atomic mass is 10.3. The normalized spacial score (nSPS) is 9.31. The van der Waals surface area contributed by atoms with E-state index in [1.807, 2.05) is 0 Å². The van der Waals surface area contributed by atoms with Crippen LogP contribution in [0.25, 0.3) is 0 Å². The second kappa shape index (κ2) is 4.04.